The van der Waals surface area contributed by atoms with Crippen LogP contribution < -0.4 is 5.73 Å². The second kappa shape index (κ2) is 2.91. The number of aromatic nitrogens is 2. The molecule has 62 valence electrons. The summed E-state index contributed by atoms with van der Waals surface area (Å²) in [4.78, 5) is 0. The Labute approximate surface area is 69.3 Å². The Morgan fingerprint density at radius 3 is 2.92 bits per heavy atom. The van der Waals surface area contributed by atoms with Gasteiger partial charge in [-0.2, -0.15) is 0 Å². The van der Waals surface area contributed by atoms with Crippen molar-refractivity contribution >= 4 is 11.0 Å². The lowest BCUT2D eigenvalue weighted by molar-refractivity contribution is 0.315. The molecular weight excluding hydrogens is 154 g/mol. The molecule has 0 aliphatic rings. The predicted octanol–water partition coefficient (Wildman–Crippen LogP) is 0.724. The maximum Gasteiger partial charge on any atom is 0.135 e. The Balaban J connectivity index is 2.46. The van der Waals surface area contributed by atoms with E-state index in [4.69, 9.17) is 5.73 Å². The fourth-order valence-corrected chi connectivity index (χ4v) is 1.15. The number of hydrogen-bond donors (Lipinski definition) is 1. The van der Waals surface area contributed by atoms with Gasteiger partial charge in [0, 0.05) is 0 Å². The second-order valence-corrected chi connectivity index (χ2v) is 2.63. The van der Waals surface area contributed by atoms with Crippen molar-refractivity contribution in [3.05, 3.63) is 23.8 Å². The highest BCUT2D eigenvalue weighted by atomic mass is 16.6. The molecule has 0 radical (unpaired) electrons. The minimum Gasteiger partial charge on any atom is -0.330 e. The zero-order valence-electron chi connectivity index (χ0n) is 6.53. The molecule has 1 heterocycles. The van der Waals surface area contributed by atoms with Gasteiger partial charge in [0.15, 0.2) is 0 Å². The van der Waals surface area contributed by atoms with E-state index >= 15 is 0 Å². The molecule has 1 aromatic heterocycles. The van der Waals surface area contributed by atoms with Crippen molar-refractivity contribution in [1.82, 2.24) is 10.3 Å². The average Bonchev–Trinajstić information content (AvgIpc) is 2.51. The molecule has 0 spiro atoms. The van der Waals surface area contributed by atoms with E-state index in [0.29, 0.717) is 6.54 Å². The molecule has 0 unspecified atom stereocenters. The van der Waals surface area contributed by atoms with Crippen LogP contribution in [0.4, 0.5) is 0 Å². The van der Waals surface area contributed by atoms with Crippen LogP contribution in [0.5, 0.6) is 0 Å². The number of fused-ring (bicyclic) bond motifs is 1. The van der Waals surface area contributed by atoms with Crippen molar-refractivity contribution in [3.63, 3.8) is 0 Å². The van der Waals surface area contributed by atoms with Gasteiger partial charge in [-0.05, 0) is 41.0 Å². The van der Waals surface area contributed by atoms with Crippen molar-refractivity contribution in [3.8, 4) is 0 Å². The first kappa shape index (κ1) is 7.24. The SMILES string of the molecule is NCCc1ccc2nonc2c1. The molecule has 0 fully saturated rings. The third-order valence-electron chi connectivity index (χ3n) is 1.75. The Kier molecular flexibility index (Phi) is 1.75. The summed E-state index contributed by atoms with van der Waals surface area (Å²) in [7, 11) is 0. The molecule has 1 aromatic carbocycles. The van der Waals surface area contributed by atoms with Gasteiger partial charge in [-0.3, -0.25) is 0 Å². The number of nitrogens with zero attached hydrogens (tertiary/aromatic N) is 2. The van der Waals surface area contributed by atoms with Crippen LogP contribution in [0.25, 0.3) is 11.0 Å². The highest BCUT2D eigenvalue weighted by Gasteiger charge is 1.99. The van der Waals surface area contributed by atoms with Crippen LogP contribution in [-0.2, 0) is 6.42 Å². The fourth-order valence-electron chi connectivity index (χ4n) is 1.15. The van der Waals surface area contributed by atoms with Crippen molar-refractivity contribution in [2.75, 3.05) is 6.54 Å². The molecule has 2 N–H and O–H groups in total. The van der Waals surface area contributed by atoms with E-state index in [9.17, 15) is 0 Å². The van der Waals surface area contributed by atoms with Crippen LogP contribution in [0.3, 0.4) is 0 Å². The lowest BCUT2D eigenvalue weighted by atomic mass is 10.1. The van der Waals surface area contributed by atoms with Crippen molar-refractivity contribution in [2.24, 2.45) is 5.73 Å². The molecular formula is C8H9N3O. The van der Waals surface area contributed by atoms with E-state index in [1.165, 1.54) is 5.56 Å². The summed E-state index contributed by atoms with van der Waals surface area (Å²) in [5.41, 5.74) is 8.17. The van der Waals surface area contributed by atoms with E-state index in [1.54, 1.807) is 0 Å². The van der Waals surface area contributed by atoms with E-state index in [-0.39, 0.29) is 0 Å². The van der Waals surface area contributed by atoms with Crippen molar-refractivity contribution in [2.45, 2.75) is 6.42 Å². The lowest BCUT2D eigenvalue weighted by Crippen LogP contribution is -2.02. The van der Waals surface area contributed by atoms with Gasteiger partial charge < -0.3 is 5.73 Å². The highest BCUT2D eigenvalue weighted by Crippen LogP contribution is 2.11. The fraction of sp³-hybridized carbons (Fsp3) is 0.250. The first-order chi connectivity index (χ1) is 5.90. The molecule has 2 rings (SSSR count). The summed E-state index contributed by atoms with van der Waals surface area (Å²) in [5, 5.41) is 7.44. The molecule has 2 aromatic rings. The van der Waals surface area contributed by atoms with E-state index in [1.807, 2.05) is 18.2 Å². The summed E-state index contributed by atoms with van der Waals surface area (Å²) in [6.45, 7) is 0.650. The Morgan fingerprint density at radius 1 is 1.25 bits per heavy atom. The topological polar surface area (TPSA) is 64.9 Å². The first-order valence-corrected chi connectivity index (χ1v) is 3.81. The van der Waals surface area contributed by atoms with Gasteiger partial charge in [-0.1, -0.05) is 6.07 Å². The normalized spacial score (nSPS) is 10.8. The summed E-state index contributed by atoms with van der Waals surface area (Å²) in [6.07, 6.45) is 0.864. The molecule has 0 amide bonds. The summed E-state index contributed by atoms with van der Waals surface area (Å²) in [5.74, 6) is 0. The first-order valence-electron chi connectivity index (χ1n) is 3.81. The smallest absolute Gasteiger partial charge is 0.135 e. The molecule has 4 nitrogen and oxygen atoms in total. The number of nitrogens with two attached hydrogens (primary N) is 1. The van der Waals surface area contributed by atoms with Crippen LogP contribution in [0, 0.1) is 0 Å². The molecule has 0 saturated carbocycles. The van der Waals surface area contributed by atoms with E-state index < -0.39 is 0 Å². The molecule has 4 heteroatoms. The zero-order valence-corrected chi connectivity index (χ0v) is 6.53. The number of hydrogen-bond acceptors (Lipinski definition) is 4. The molecule has 0 aliphatic heterocycles. The summed E-state index contributed by atoms with van der Waals surface area (Å²) in [6, 6.07) is 5.81. The minimum absolute atomic E-state index is 0.650. The Hall–Kier alpha value is -1.42. The van der Waals surface area contributed by atoms with Gasteiger partial charge >= 0.3 is 0 Å². The second-order valence-electron chi connectivity index (χ2n) is 2.63. The lowest BCUT2D eigenvalue weighted by Gasteiger charge is -1.95. The molecule has 0 aliphatic carbocycles. The third-order valence-corrected chi connectivity index (χ3v) is 1.75. The van der Waals surface area contributed by atoms with Gasteiger partial charge in [0.05, 0.1) is 0 Å². The molecule has 0 bridgehead atoms. The standard InChI is InChI=1S/C8H9N3O/c9-4-3-6-1-2-7-8(5-6)11-12-10-7/h1-2,5H,3-4,9H2. The summed E-state index contributed by atoms with van der Waals surface area (Å²) < 4.78 is 4.57. The van der Waals surface area contributed by atoms with Crippen molar-refractivity contribution < 1.29 is 4.63 Å². The van der Waals surface area contributed by atoms with E-state index in [2.05, 4.69) is 14.9 Å². The monoisotopic (exact) mass is 163 g/mol. The van der Waals surface area contributed by atoms with Gasteiger partial charge in [0.25, 0.3) is 0 Å². The Bertz CT molecular complexity index is 382. The van der Waals surface area contributed by atoms with Crippen molar-refractivity contribution in [1.29, 1.82) is 0 Å². The maximum absolute atomic E-state index is 5.42. The van der Waals surface area contributed by atoms with Gasteiger partial charge in [-0.15, -0.1) is 0 Å². The Morgan fingerprint density at radius 2 is 2.08 bits per heavy atom. The van der Waals surface area contributed by atoms with Crippen LogP contribution in [0.2, 0.25) is 0 Å². The zero-order chi connectivity index (χ0) is 8.39. The van der Waals surface area contributed by atoms with Crippen LogP contribution in [0.1, 0.15) is 5.56 Å². The van der Waals surface area contributed by atoms with E-state index in [0.717, 1.165) is 17.5 Å². The van der Waals surface area contributed by atoms with Gasteiger partial charge in [-0.25, -0.2) is 4.63 Å². The quantitative estimate of drug-likeness (QED) is 0.708. The maximum atomic E-state index is 5.42. The van der Waals surface area contributed by atoms with Gasteiger partial charge in [0.2, 0.25) is 0 Å². The average molecular weight is 163 g/mol. The largest absolute Gasteiger partial charge is 0.330 e. The van der Waals surface area contributed by atoms with Crippen LogP contribution in [0.15, 0.2) is 22.8 Å². The van der Waals surface area contributed by atoms with Crippen LogP contribution >= 0.6 is 0 Å². The van der Waals surface area contributed by atoms with Gasteiger partial charge in [0.1, 0.15) is 11.0 Å². The number of benzene rings is 1. The minimum atomic E-state index is 0.650. The third kappa shape index (κ3) is 1.16. The molecule has 0 saturated heterocycles. The molecule has 12 heavy (non-hydrogen) atoms. The highest BCUT2D eigenvalue weighted by molar-refractivity contribution is 5.73. The number of rotatable bonds is 2. The van der Waals surface area contributed by atoms with Crippen LogP contribution in [-0.4, -0.2) is 16.9 Å². The molecule has 0 atom stereocenters. The predicted molar refractivity (Wildman–Crippen MR) is 44.6 cm³/mol. The summed E-state index contributed by atoms with van der Waals surface area (Å²) >= 11 is 0.